The maximum atomic E-state index is 12.0. The van der Waals surface area contributed by atoms with Gasteiger partial charge in [-0.2, -0.15) is 0 Å². The maximum Gasteiger partial charge on any atom is 0.225 e. The Morgan fingerprint density at radius 3 is 3.15 bits per heavy atom. The molecule has 1 saturated heterocycles. The van der Waals surface area contributed by atoms with Crippen LogP contribution in [0.15, 0.2) is 35.8 Å². The van der Waals surface area contributed by atoms with E-state index in [1.54, 1.807) is 17.5 Å². The summed E-state index contributed by atoms with van der Waals surface area (Å²) < 4.78 is 5.24. The number of amides is 1. The Kier molecular flexibility index (Phi) is 4.08. The van der Waals surface area contributed by atoms with Crippen LogP contribution in [-0.4, -0.2) is 24.1 Å². The molecule has 0 spiro atoms. The van der Waals surface area contributed by atoms with E-state index in [4.69, 9.17) is 4.74 Å². The molecule has 1 fully saturated rings. The smallest absolute Gasteiger partial charge is 0.225 e. The first-order valence-corrected chi connectivity index (χ1v) is 7.56. The fourth-order valence-electron chi connectivity index (χ4n) is 2.28. The lowest BCUT2D eigenvalue weighted by molar-refractivity contribution is -0.125. The fraction of sp³-hybridized carbons (Fsp3) is 0.333. The van der Waals surface area contributed by atoms with E-state index in [2.05, 4.69) is 10.3 Å². The van der Waals surface area contributed by atoms with Crippen molar-refractivity contribution < 1.29 is 9.53 Å². The molecule has 0 saturated carbocycles. The van der Waals surface area contributed by atoms with Gasteiger partial charge >= 0.3 is 0 Å². The monoisotopic (exact) mass is 288 g/mol. The molecule has 0 unspecified atom stereocenters. The van der Waals surface area contributed by atoms with E-state index < -0.39 is 0 Å². The summed E-state index contributed by atoms with van der Waals surface area (Å²) in [5, 5.41) is 5.02. The Labute approximate surface area is 121 Å². The van der Waals surface area contributed by atoms with Crippen molar-refractivity contribution >= 4 is 17.2 Å². The van der Waals surface area contributed by atoms with E-state index in [9.17, 15) is 4.79 Å². The molecule has 1 N–H and O–H groups in total. The Morgan fingerprint density at radius 1 is 1.45 bits per heavy atom. The number of pyridine rings is 1. The molecule has 3 heterocycles. The van der Waals surface area contributed by atoms with E-state index in [0.717, 1.165) is 22.6 Å². The summed E-state index contributed by atoms with van der Waals surface area (Å²) in [5.74, 6) is 0.0698. The summed E-state index contributed by atoms with van der Waals surface area (Å²) >= 11 is 1.65. The first-order chi connectivity index (χ1) is 9.84. The molecule has 0 bridgehead atoms. The molecule has 5 heteroatoms. The minimum atomic E-state index is -0.00291. The highest BCUT2D eigenvalue weighted by Gasteiger charge is 2.23. The molecule has 1 aliphatic rings. The first kappa shape index (κ1) is 13.3. The number of hydrogen-bond acceptors (Lipinski definition) is 4. The highest BCUT2D eigenvalue weighted by Crippen LogP contribution is 2.25. The van der Waals surface area contributed by atoms with E-state index >= 15 is 0 Å². The molecule has 1 atom stereocenters. The van der Waals surface area contributed by atoms with Crippen LogP contribution in [0.5, 0.6) is 0 Å². The van der Waals surface area contributed by atoms with E-state index in [1.165, 1.54) is 0 Å². The van der Waals surface area contributed by atoms with Gasteiger partial charge in [-0.25, -0.2) is 0 Å². The number of carbonyl (C=O) groups is 1. The minimum absolute atomic E-state index is 0.00291. The van der Waals surface area contributed by atoms with Gasteiger partial charge in [0.25, 0.3) is 0 Å². The fourth-order valence-corrected chi connectivity index (χ4v) is 3.04. The number of nitrogens with one attached hydrogen (secondary N) is 1. The van der Waals surface area contributed by atoms with Crippen molar-refractivity contribution in [2.75, 3.05) is 13.2 Å². The van der Waals surface area contributed by atoms with Crippen LogP contribution in [0.4, 0.5) is 0 Å². The van der Waals surface area contributed by atoms with Crippen molar-refractivity contribution in [1.82, 2.24) is 10.3 Å². The summed E-state index contributed by atoms with van der Waals surface area (Å²) in [6.45, 7) is 1.73. The number of hydrogen-bond donors (Lipinski definition) is 1. The molecule has 4 nitrogen and oxygen atoms in total. The zero-order valence-corrected chi connectivity index (χ0v) is 11.9. The summed E-state index contributed by atoms with van der Waals surface area (Å²) in [5.41, 5.74) is 1.99. The normalized spacial score (nSPS) is 18.1. The highest BCUT2D eigenvalue weighted by atomic mass is 32.1. The molecule has 1 amide bonds. The SMILES string of the molecule is O=C(NCc1cccnc1-c1cccs1)[C@@H]1CCOC1. The third-order valence-corrected chi connectivity index (χ3v) is 4.28. The summed E-state index contributed by atoms with van der Waals surface area (Å²) in [6, 6.07) is 7.96. The zero-order valence-electron chi connectivity index (χ0n) is 11.0. The molecule has 3 rings (SSSR count). The highest BCUT2D eigenvalue weighted by molar-refractivity contribution is 7.13. The molecule has 104 valence electrons. The van der Waals surface area contributed by atoms with Crippen molar-refractivity contribution in [3.63, 3.8) is 0 Å². The van der Waals surface area contributed by atoms with E-state index in [-0.39, 0.29) is 11.8 Å². The summed E-state index contributed by atoms with van der Waals surface area (Å²) in [6.07, 6.45) is 2.60. The third-order valence-electron chi connectivity index (χ3n) is 3.40. The molecule has 0 radical (unpaired) electrons. The number of thiophene rings is 1. The second kappa shape index (κ2) is 6.15. The summed E-state index contributed by atoms with van der Waals surface area (Å²) in [7, 11) is 0. The Bertz CT molecular complexity index is 577. The van der Waals surface area contributed by atoms with Gasteiger partial charge < -0.3 is 10.1 Å². The maximum absolute atomic E-state index is 12.0. The standard InChI is InChI=1S/C15H16N2O2S/c18-15(12-5-7-19-10-12)17-9-11-3-1-6-16-14(11)13-4-2-8-20-13/h1-4,6,8,12H,5,7,9-10H2,(H,17,18)/t12-/m1/s1. The van der Waals surface area contributed by atoms with Crippen LogP contribution >= 0.6 is 11.3 Å². The van der Waals surface area contributed by atoms with Gasteiger partial charge in [0.15, 0.2) is 0 Å². The van der Waals surface area contributed by atoms with Crippen LogP contribution in [-0.2, 0) is 16.1 Å². The zero-order chi connectivity index (χ0) is 13.8. The van der Waals surface area contributed by atoms with E-state index in [0.29, 0.717) is 19.8 Å². The largest absolute Gasteiger partial charge is 0.381 e. The van der Waals surface area contributed by atoms with Crippen LogP contribution < -0.4 is 5.32 Å². The number of aromatic nitrogens is 1. The second-order valence-corrected chi connectivity index (χ2v) is 5.71. The van der Waals surface area contributed by atoms with Crippen molar-refractivity contribution in [1.29, 1.82) is 0 Å². The molecular formula is C15H16N2O2S. The van der Waals surface area contributed by atoms with Gasteiger partial charge in [0, 0.05) is 19.3 Å². The van der Waals surface area contributed by atoms with Gasteiger partial charge in [-0.1, -0.05) is 12.1 Å². The Balaban J connectivity index is 1.70. The quantitative estimate of drug-likeness (QED) is 0.940. The van der Waals surface area contributed by atoms with Gasteiger partial charge in [0.2, 0.25) is 5.91 Å². The Morgan fingerprint density at radius 2 is 2.40 bits per heavy atom. The number of ether oxygens (including phenoxy) is 1. The topological polar surface area (TPSA) is 51.2 Å². The molecule has 0 aromatic carbocycles. The van der Waals surface area contributed by atoms with Gasteiger partial charge in [-0.05, 0) is 29.5 Å². The lowest BCUT2D eigenvalue weighted by Gasteiger charge is -2.11. The van der Waals surface area contributed by atoms with Gasteiger partial charge in [-0.3, -0.25) is 9.78 Å². The van der Waals surface area contributed by atoms with Crippen molar-refractivity contribution in [3.05, 3.63) is 41.4 Å². The number of nitrogens with zero attached hydrogens (tertiary/aromatic N) is 1. The number of carbonyl (C=O) groups excluding carboxylic acids is 1. The van der Waals surface area contributed by atoms with Crippen LogP contribution in [0.2, 0.25) is 0 Å². The average Bonchev–Trinajstić information content (AvgIpc) is 3.17. The molecule has 20 heavy (non-hydrogen) atoms. The second-order valence-electron chi connectivity index (χ2n) is 4.77. The van der Waals surface area contributed by atoms with Crippen LogP contribution in [0, 0.1) is 5.92 Å². The van der Waals surface area contributed by atoms with Crippen LogP contribution in [0.3, 0.4) is 0 Å². The minimum Gasteiger partial charge on any atom is -0.381 e. The van der Waals surface area contributed by atoms with Crippen LogP contribution in [0.25, 0.3) is 10.6 Å². The van der Waals surface area contributed by atoms with Crippen molar-refractivity contribution in [3.8, 4) is 10.6 Å². The predicted octanol–water partition coefficient (Wildman–Crippen LogP) is 2.46. The lowest BCUT2D eigenvalue weighted by Crippen LogP contribution is -2.30. The summed E-state index contributed by atoms with van der Waals surface area (Å²) in [4.78, 5) is 17.6. The average molecular weight is 288 g/mol. The van der Waals surface area contributed by atoms with Gasteiger partial charge in [-0.15, -0.1) is 11.3 Å². The van der Waals surface area contributed by atoms with Gasteiger partial charge in [0.1, 0.15) is 0 Å². The van der Waals surface area contributed by atoms with Crippen molar-refractivity contribution in [2.24, 2.45) is 5.92 Å². The molecule has 0 aliphatic carbocycles. The van der Waals surface area contributed by atoms with E-state index in [1.807, 2.05) is 29.6 Å². The van der Waals surface area contributed by atoms with Gasteiger partial charge in [0.05, 0.1) is 23.1 Å². The molecular weight excluding hydrogens is 272 g/mol. The van der Waals surface area contributed by atoms with Crippen LogP contribution in [0.1, 0.15) is 12.0 Å². The molecule has 1 aliphatic heterocycles. The predicted molar refractivity (Wildman–Crippen MR) is 78.3 cm³/mol. The first-order valence-electron chi connectivity index (χ1n) is 6.68. The number of rotatable bonds is 4. The Hall–Kier alpha value is -1.72. The molecule has 2 aromatic heterocycles. The third kappa shape index (κ3) is 2.89. The lowest BCUT2D eigenvalue weighted by atomic mass is 10.1. The molecule has 2 aromatic rings. The van der Waals surface area contributed by atoms with Crippen molar-refractivity contribution in [2.45, 2.75) is 13.0 Å².